The van der Waals surface area contributed by atoms with Gasteiger partial charge in [0.15, 0.2) is 0 Å². The van der Waals surface area contributed by atoms with Crippen molar-refractivity contribution in [2.45, 2.75) is 33.1 Å². The molecule has 4 nitrogen and oxygen atoms in total. The van der Waals surface area contributed by atoms with Crippen molar-refractivity contribution in [1.29, 1.82) is 0 Å². The highest BCUT2D eigenvalue weighted by Crippen LogP contribution is 2.18. The van der Waals surface area contributed by atoms with Gasteiger partial charge in [0.2, 0.25) is 0 Å². The third-order valence-corrected chi connectivity index (χ3v) is 3.98. The summed E-state index contributed by atoms with van der Waals surface area (Å²) in [6.45, 7) is 8.85. The quantitative estimate of drug-likeness (QED) is 0.843. The van der Waals surface area contributed by atoms with E-state index in [1.807, 2.05) is 13.0 Å². The second-order valence-corrected chi connectivity index (χ2v) is 5.49. The highest BCUT2D eigenvalue weighted by Gasteiger charge is 2.17. The lowest BCUT2D eigenvalue weighted by atomic mass is 9.97. The van der Waals surface area contributed by atoms with Crippen molar-refractivity contribution in [3.05, 3.63) is 17.0 Å². The van der Waals surface area contributed by atoms with Crippen molar-refractivity contribution in [2.75, 3.05) is 31.5 Å². The fourth-order valence-corrected chi connectivity index (χ4v) is 2.67. The number of aryl methyl sites for hydroxylation is 1. The van der Waals surface area contributed by atoms with Crippen LogP contribution >= 0.6 is 11.6 Å². The van der Waals surface area contributed by atoms with Gasteiger partial charge in [-0.3, -0.25) is 0 Å². The van der Waals surface area contributed by atoms with Crippen LogP contribution in [0.1, 0.15) is 32.5 Å². The van der Waals surface area contributed by atoms with E-state index in [4.69, 9.17) is 11.6 Å². The first-order valence-electron chi connectivity index (χ1n) is 7.21. The first-order valence-corrected chi connectivity index (χ1v) is 7.58. The molecule has 0 radical (unpaired) electrons. The lowest BCUT2D eigenvalue weighted by Crippen LogP contribution is -2.35. The van der Waals surface area contributed by atoms with Gasteiger partial charge in [0.05, 0.1) is 0 Å². The zero-order valence-electron chi connectivity index (χ0n) is 11.8. The summed E-state index contributed by atoms with van der Waals surface area (Å²) >= 11 is 5.99. The molecule has 1 fully saturated rings. The van der Waals surface area contributed by atoms with Crippen LogP contribution in [0.3, 0.4) is 0 Å². The van der Waals surface area contributed by atoms with E-state index in [9.17, 15) is 0 Å². The Morgan fingerprint density at radius 1 is 1.32 bits per heavy atom. The number of hydrogen-bond acceptors (Lipinski definition) is 4. The number of rotatable bonds is 5. The third kappa shape index (κ3) is 4.32. The smallest absolute Gasteiger partial charge is 0.134 e. The maximum absolute atomic E-state index is 5.99. The lowest BCUT2D eigenvalue weighted by molar-refractivity contribution is 0.198. The Bertz CT molecular complexity index is 402. The molecule has 0 aliphatic carbocycles. The van der Waals surface area contributed by atoms with Crippen LogP contribution in [0.5, 0.6) is 0 Å². The molecule has 0 spiro atoms. The summed E-state index contributed by atoms with van der Waals surface area (Å²) < 4.78 is 0. The molecule has 0 amide bonds. The SMILES string of the molecule is CCc1nc(Cl)cc(NCC2CCN(CC)CC2)n1. The number of nitrogens with zero attached hydrogens (tertiary/aromatic N) is 3. The standard InChI is InChI=1S/C14H23ClN4/c1-3-13-17-12(15)9-14(18-13)16-10-11-5-7-19(4-2)8-6-11/h9,11H,3-8,10H2,1-2H3,(H,16,17,18). The lowest BCUT2D eigenvalue weighted by Gasteiger charge is -2.31. The van der Waals surface area contributed by atoms with Crippen molar-refractivity contribution in [3.63, 3.8) is 0 Å². The number of nitrogens with one attached hydrogen (secondary N) is 1. The van der Waals surface area contributed by atoms with Crippen LogP contribution in [-0.4, -0.2) is 41.0 Å². The van der Waals surface area contributed by atoms with Crippen LogP contribution in [-0.2, 0) is 6.42 Å². The Balaban J connectivity index is 1.84. The molecule has 0 bridgehead atoms. The van der Waals surface area contributed by atoms with Gasteiger partial charge in [-0.2, -0.15) is 0 Å². The van der Waals surface area contributed by atoms with Crippen LogP contribution < -0.4 is 5.32 Å². The van der Waals surface area contributed by atoms with Crippen LogP contribution in [0.2, 0.25) is 5.15 Å². The molecule has 1 saturated heterocycles. The number of anilines is 1. The van der Waals surface area contributed by atoms with Gasteiger partial charge < -0.3 is 10.2 Å². The van der Waals surface area contributed by atoms with Crippen LogP contribution in [0.25, 0.3) is 0 Å². The van der Waals surface area contributed by atoms with Crippen LogP contribution in [0.15, 0.2) is 6.07 Å². The summed E-state index contributed by atoms with van der Waals surface area (Å²) in [7, 11) is 0. The van der Waals surface area contributed by atoms with E-state index in [0.717, 1.165) is 30.5 Å². The van der Waals surface area contributed by atoms with E-state index >= 15 is 0 Å². The third-order valence-electron chi connectivity index (χ3n) is 3.78. The second-order valence-electron chi connectivity index (χ2n) is 5.10. The Labute approximate surface area is 120 Å². The minimum absolute atomic E-state index is 0.523. The molecule has 1 aromatic heterocycles. The molecule has 106 valence electrons. The van der Waals surface area contributed by atoms with E-state index < -0.39 is 0 Å². The Kier molecular flexibility index (Phi) is 5.40. The predicted octanol–water partition coefficient (Wildman–Crippen LogP) is 2.84. The van der Waals surface area contributed by atoms with E-state index in [1.54, 1.807) is 0 Å². The first kappa shape index (κ1) is 14.5. The summed E-state index contributed by atoms with van der Waals surface area (Å²) in [5.74, 6) is 2.40. The number of piperidine rings is 1. The highest BCUT2D eigenvalue weighted by atomic mass is 35.5. The summed E-state index contributed by atoms with van der Waals surface area (Å²) in [4.78, 5) is 11.1. The molecule has 0 unspecified atom stereocenters. The predicted molar refractivity (Wildman–Crippen MR) is 79.7 cm³/mol. The highest BCUT2D eigenvalue weighted by molar-refractivity contribution is 6.29. The number of hydrogen-bond donors (Lipinski definition) is 1. The molecule has 5 heteroatoms. The average molecular weight is 283 g/mol. The fraction of sp³-hybridized carbons (Fsp3) is 0.714. The number of aromatic nitrogens is 2. The van der Waals surface area contributed by atoms with Gasteiger partial charge in [0.25, 0.3) is 0 Å². The minimum Gasteiger partial charge on any atom is -0.370 e. The minimum atomic E-state index is 0.523. The Hall–Kier alpha value is -0.870. The second kappa shape index (κ2) is 7.06. The van der Waals surface area contributed by atoms with Gasteiger partial charge in [0, 0.05) is 19.0 Å². The fourth-order valence-electron chi connectivity index (χ4n) is 2.47. The van der Waals surface area contributed by atoms with Crippen LogP contribution in [0.4, 0.5) is 5.82 Å². The number of likely N-dealkylation sites (tertiary alicyclic amines) is 1. The van der Waals surface area contributed by atoms with Gasteiger partial charge in [-0.25, -0.2) is 9.97 Å². The largest absolute Gasteiger partial charge is 0.370 e. The van der Waals surface area contributed by atoms with Crippen molar-refractivity contribution < 1.29 is 0 Å². The normalized spacial score (nSPS) is 17.6. The van der Waals surface area contributed by atoms with E-state index in [-0.39, 0.29) is 0 Å². The van der Waals surface area contributed by atoms with Crippen molar-refractivity contribution in [2.24, 2.45) is 5.92 Å². The zero-order chi connectivity index (χ0) is 13.7. The average Bonchev–Trinajstić information content (AvgIpc) is 2.45. The summed E-state index contributed by atoms with van der Waals surface area (Å²) in [6.07, 6.45) is 3.34. The molecule has 2 rings (SSSR count). The van der Waals surface area contributed by atoms with Crippen molar-refractivity contribution >= 4 is 17.4 Å². The number of halogens is 1. The Morgan fingerprint density at radius 2 is 2.05 bits per heavy atom. The van der Waals surface area contributed by atoms with E-state index in [2.05, 4.69) is 27.1 Å². The van der Waals surface area contributed by atoms with Crippen LogP contribution in [0, 0.1) is 5.92 Å². The zero-order valence-corrected chi connectivity index (χ0v) is 12.6. The van der Waals surface area contributed by atoms with E-state index in [1.165, 1.54) is 32.5 Å². The Morgan fingerprint density at radius 3 is 2.68 bits per heavy atom. The molecular formula is C14H23ClN4. The van der Waals surface area contributed by atoms with Gasteiger partial charge in [0.1, 0.15) is 16.8 Å². The molecular weight excluding hydrogens is 260 g/mol. The topological polar surface area (TPSA) is 41.1 Å². The molecule has 1 aromatic rings. The molecule has 0 aromatic carbocycles. The molecule has 1 N–H and O–H groups in total. The van der Waals surface area contributed by atoms with Gasteiger partial charge in [-0.05, 0) is 38.4 Å². The molecule has 0 saturated carbocycles. The van der Waals surface area contributed by atoms with Gasteiger partial charge in [-0.1, -0.05) is 25.4 Å². The van der Waals surface area contributed by atoms with Crippen molar-refractivity contribution in [3.8, 4) is 0 Å². The first-order chi connectivity index (χ1) is 9.21. The molecule has 0 atom stereocenters. The van der Waals surface area contributed by atoms with Gasteiger partial charge >= 0.3 is 0 Å². The van der Waals surface area contributed by atoms with E-state index in [0.29, 0.717) is 5.15 Å². The summed E-state index contributed by atoms with van der Waals surface area (Å²) in [6, 6.07) is 1.81. The molecule has 19 heavy (non-hydrogen) atoms. The van der Waals surface area contributed by atoms with Gasteiger partial charge in [-0.15, -0.1) is 0 Å². The maximum atomic E-state index is 5.99. The maximum Gasteiger partial charge on any atom is 0.134 e. The molecule has 2 heterocycles. The molecule has 1 aliphatic heterocycles. The van der Waals surface area contributed by atoms with Crippen molar-refractivity contribution in [1.82, 2.24) is 14.9 Å². The molecule has 1 aliphatic rings. The monoisotopic (exact) mass is 282 g/mol. The summed E-state index contributed by atoms with van der Waals surface area (Å²) in [5, 5.41) is 3.93. The summed E-state index contributed by atoms with van der Waals surface area (Å²) in [5.41, 5.74) is 0.